The molecule has 2 aromatic heterocycles. The van der Waals surface area contributed by atoms with Crippen LogP contribution in [-0.4, -0.2) is 19.7 Å². The van der Waals surface area contributed by atoms with Crippen molar-refractivity contribution in [3.8, 4) is 11.5 Å². The summed E-state index contributed by atoms with van der Waals surface area (Å²) in [5.41, 5.74) is -1.57. The third kappa shape index (κ3) is 1.73. The Morgan fingerprint density at radius 3 is 2.76 bits per heavy atom. The molecule has 0 unspecified atom stereocenters. The van der Waals surface area contributed by atoms with Crippen molar-refractivity contribution in [1.29, 1.82) is 0 Å². The van der Waals surface area contributed by atoms with Crippen LogP contribution in [0.5, 0.6) is 0 Å². The summed E-state index contributed by atoms with van der Waals surface area (Å²) in [6.45, 7) is 0. The summed E-state index contributed by atoms with van der Waals surface area (Å²) in [6.07, 6.45) is 0. The van der Waals surface area contributed by atoms with Gasteiger partial charge in [0, 0.05) is 7.05 Å². The lowest BCUT2D eigenvalue weighted by Crippen LogP contribution is -2.34. The molecule has 2 heterocycles. The van der Waals surface area contributed by atoms with Crippen molar-refractivity contribution in [2.75, 3.05) is 0 Å². The van der Waals surface area contributed by atoms with Crippen LogP contribution in [0, 0.1) is 10.1 Å². The molecule has 0 fully saturated rings. The highest BCUT2D eigenvalue weighted by Gasteiger charge is 2.17. The Balaban J connectivity index is 2.61. The van der Waals surface area contributed by atoms with E-state index in [9.17, 15) is 19.7 Å². The van der Waals surface area contributed by atoms with Gasteiger partial charge in [0.25, 0.3) is 5.56 Å². The minimum absolute atomic E-state index is 0.0754. The van der Waals surface area contributed by atoms with Crippen LogP contribution < -0.4 is 11.2 Å². The number of rotatable bonds is 2. The molecule has 1 N–H and O–H groups in total. The Hall–Kier alpha value is -2.71. The van der Waals surface area contributed by atoms with Gasteiger partial charge in [-0.15, -0.1) is 0 Å². The van der Waals surface area contributed by atoms with Crippen LogP contribution in [0.1, 0.15) is 0 Å². The minimum atomic E-state index is -0.736. The van der Waals surface area contributed by atoms with Crippen LogP contribution in [0.15, 0.2) is 26.1 Å². The molecule has 0 saturated carbocycles. The van der Waals surface area contributed by atoms with E-state index in [2.05, 4.69) is 10.2 Å². The Labute approximate surface area is 92.5 Å². The second-order valence-corrected chi connectivity index (χ2v) is 3.14. The van der Waals surface area contributed by atoms with Crippen LogP contribution in [0.2, 0.25) is 0 Å². The van der Waals surface area contributed by atoms with Gasteiger partial charge >= 0.3 is 11.6 Å². The molecular formula is C8H6N4O5. The van der Waals surface area contributed by atoms with E-state index in [0.717, 1.165) is 10.6 Å². The zero-order valence-electron chi connectivity index (χ0n) is 8.54. The van der Waals surface area contributed by atoms with Crippen molar-refractivity contribution in [1.82, 2.24) is 14.8 Å². The number of aromatic nitrogens is 3. The van der Waals surface area contributed by atoms with E-state index in [1.807, 2.05) is 0 Å². The first-order valence-corrected chi connectivity index (χ1v) is 4.41. The molecule has 0 aliphatic rings. The topological polar surface area (TPSA) is 124 Å². The fourth-order valence-electron chi connectivity index (χ4n) is 1.19. The predicted octanol–water partition coefficient (Wildman–Crippen LogP) is -0.363. The Morgan fingerprint density at radius 2 is 2.18 bits per heavy atom. The molecule has 0 aliphatic heterocycles. The van der Waals surface area contributed by atoms with Crippen molar-refractivity contribution in [3.05, 3.63) is 43.1 Å². The average Bonchev–Trinajstić information content (AvgIpc) is 2.75. The summed E-state index contributed by atoms with van der Waals surface area (Å²) in [5, 5.41) is 16.0. The number of nitrogens with zero attached hydrogens (tertiary/aromatic N) is 3. The molecule has 88 valence electrons. The van der Waals surface area contributed by atoms with Gasteiger partial charge < -0.3 is 4.42 Å². The van der Waals surface area contributed by atoms with Gasteiger partial charge in [-0.3, -0.25) is 19.5 Å². The van der Waals surface area contributed by atoms with Gasteiger partial charge in [-0.25, -0.2) is 9.89 Å². The van der Waals surface area contributed by atoms with Crippen LogP contribution in [0.25, 0.3) is 11.5 Å². The summed E-state index contributed by atoms with van der Waals surface area (Å²) < 4.78 is 5.60. The van der Waals surface area contributed by atoms with Gasteiger partial charge in [-0.05, 0) is 6.07 Å². The Kier molecular flexibility index (Phi) is 2.35. The summed E-state index contributed by atoms with van der Waals surface area (Å²) in [7, 11) is 1.25. The summed E-state index contributed by atoms with van der Waals surface area (Å²) in [4.78, 5) is 32.3. The Bertz CT molecular complexity index is 694. The second kappa shape index (κ2) is 3.70. The molecular weight excluding hydrogens is 232 g/mol. The first-order valence-electron chi connectivity index (χ1n) is 4.41. The molecule has 2 aromatic rings. The van der Waals surface area contributed by atoms with Crippen molar-refractivity contribution < 1.29 is 9.34 Å². The molecule has 0 radical (unpaired) electrons. The number of nitrogens with one attached hydrogen (secondary N) is 1. The quantitative estimate of drug-likeness (QED) is 0.562. The van der Waals surface area contributed by atoms with Crippen molar-refractivity contribution in [2.45, 2.75) is 0 Å². The third-order valence-electron chi connectivity index (χ3n) is 2.08. The lowest BCUT2D eigenvalue weighted by molar-refractivity contribution is -0.401. The molecule has 0 saturated heterocycles. The maximum atomic E-state index is 11.6. The van der Waals surface area contributed by atoms with E-state index in [1.165, 1.54) is 13.1 Å². The van der Waals surface area contributed by atoms with Crippen molar-refractivity contribution in [3.63, 3.8) is 0 Å². The number of aromatic amines is 1. The molecule has 0 atom stereocenters. The number of hydrogen-bond acceptors (Lipinski definition) is 6. The van der Waals surface area contributed by atoms with E-state index >= 15 is 0 Å². The van der Waals surface area contributed by atoms with Crippen molar-refractivity contribution in [2.24, 2.45) is 7.05 Å². The zero-order valence-corrected chi connectivity index (χ0v) is 8.54. The van der Waals surface area contributed by atoms with Crippen LogP contribution >= 0.6 is 0 Å². The maximum absolute atomic E-state index is 11.6. The average molecular weight is 238 g/mol. The van der Waals surface area contributed by atoms with Crippen LogP contribution in [-0.2, 0) is 7.05 Å². The number of H-pyrrole nitrogens is 1. The van der Waals surface area contributed by atoms with Crippen molar-refractivity contribution >= 4 is 5.88 Å². The predicted molar refractivity (Wildman–Crippen MR) is 54.5 cm³/mol. The fraction of sp³-hybridized carbons (Fsp3) is 0.125. The number of hydrogen-bond donors (Lipinski definition) is 1. The smallest absolute Gasteiger partial charge is 0.399 e. The third-order valence-corrected chi connectivity index (χ3v) is 2.08. The highest BCUT2D eigenvalue weighted by Crippen LogP contribution is 2.21. The van der Waals surface area contributed by atoms with Gasteiger partial charge in [0.1, 0.15) is 4.92 Å². The molecule has 9 nitrogen and oxygen atoms in total. The normalized spacial score (nSPS) is 10.4. The largest absolute Gasteiger partial charge is 0.433 e. The summed E-state index contributed by atoms with van der Waals surface area (Å²) >= 11 is 0. The van der Waals surface area contributed by atoms with Gasteiger partial charge in [0.15, 0.2) is 11.5 Å². The Morgan fingerprint density at radius 1 is 1.47 bits per heavy atom. The molecule has 0 aliphatic carbocycles. The van der Waals surface area contributed by atoms with E-state index in [-0.39, 0.29) is 11.5 Å². The van der Waals surface area contributed by atoms with Gasteiger partial charge in [0.2, 0.25) is 0 Å². The number of nitro groups is 1. The summed E-state index contributed by atoms with van der Waals surface area (Å²) in [5.74, 6) is -0.580. The van der Waals surface area contributed by atoms with Crippen LogP contribution in [0.3, 0.4) is 0 Å². The molecule has 17 heavy (non-hydrogen) atoms. The molecule has 2 rings (SSSR count). The molecule has 9 heteroatoms. The number of furan rings is 1. The fourth-order valence-corrected chi connectivity index (χ4v) is 1.19. The highest BCUT2D eigenvalue weighted by atomic mass is 16.6. The molecule has 0 bridgehead atoms. The second-order valence-electron chi connectivity index (χ2n) is 3.14. The monoisotopic (exact) mass is 238 g/mol. The van der Waals surface area contributed by atoms with E-state index in [4.69, 9.17) is 4.42 Å². The van der Waals surface area contributed by atoms with Gasteiger partial charge in [-0.2, -0.15) is 5.10 Å². The van der Waals surface area contributed by atoms with E-state index in [0.29, 0.717) is 0 Å². The minimum Gasteiger partial charge on any atom is -0.399 e. The van der Waals surface area contributed by atoms with E-state index < -0.39 is 22.1 Å². The first kappa shape index (κ1) is 10.8. The maximum Gasteiger partial charge on any atom is 0.433 e. The standard InChI is InChI=1S/C8H6N4O5/c1-11-7(13)6(9-10-8(11)14)4-2-3-5(17-4)12(15)16/h2-3H,1H3,(H,10,14). The highest BCUT2D eigenvalue weighted by molar-refractivity contribution is 5.51. The lowest BCUT2D eigenvalue weighted by Gasteiger charge is -1.97. The van der Waals surface area contributed by atoms with Gasteiger partial charge in [-0.1, -0.05) is 0 Å². The van der Waals surface area contributed by atoms with Crippen LogP contribution in [0.4, 0.5) is 5.88 Å². The molecule has 0 amide bonds. The summed E-state index contributed by atoms with van der Waals surface area (Å²) in [6, 6.07) is 2.34. The SMILES string of the molecule is Cn1c(=O)[nH]nc(-c2ccc([N+](=O)[O-])o2)c1=O. The first-order chi connectivity index (χ1) is 8.00. The molecule has 0 spiro atoms. The van der Waals surface area contributed by atoms with E-state index in [1.54, 1.807) is 0 Å². The van der Waals surface area contributed by atoms with Gasteiger partial charge in [0.05, 0.1) is 6.07 Å². The molecule has 0 aromatic carbocycles. The lowest BCUT2D eigenvalue weighted by atomic mass is 10.3. The zero-order chi connectivity index (χ0) is 12.6.